The Balaban J connectivity index is 2.00. The molecule has 0 unspecified atom stereocenters. The van der Waals surface area contributed by atoms with Crippen LogP contribution in [0.1, 0.15) is 22.5 Å². The van der Waals surface area contributed by atoms with Gasteiger partial charge in [0.15, 0.2) is 0 Å². The summed E-state index contributed by atoms with van der Waals surface area (Å²) in [6, 6.07) is 0. The van der Waals surface area contributed by atoms with Crippen molar-refractivity contribution in [3.63, 3.8) is 0 Å². The van der Waals surface area contributed by atoms with E-state index in [0.717, 1.165) is 23.8 Å². The van der Waals surface area contributed by atoms with E-state index in [4.69, 9.17) is 5.11 Å². The van der Waals surface area contributed by atoms with Crippen LogP contribution in [0, 0.1) is 25.7 Å². The number of hydrogen-bond acceptors (Lipinski definition) is 4. The number of rotatable bonds is 3. The van der Waals surface area contributed by atoms with Crippen molar-refractivity contribution in [1.29, 1.82) is 0 Å². The van der Waals surface area contributed by atoms with E-state index < -0.39 is 5.97 Å². The van der Waals surface area contributed by atoms with Crippen molar-refractivity contribution in [1.82, 2.24) is 9.88 Å². The minimum Gasteiger partial charge on any atom is -0.481 e. The lowest BCUT2D eigenvalue weighted by Gasteiger charge is -2.12. The molecule has 0 saturated carbocycles. The molecular formula is C12H18N2O2S. The van der Waals surface area contributed by atoms with Gasteiger partial charge in [-0.15, -0.1) is 11.3 Å². The molecule has 0 spiro atoms. The molecule has 1 aromatic heterocycles. The number of aromatic nitrogens is 1. The highest BCUT2D eigenvalue weighted by Gasteiger charge is 2.34. The molecule has 1 saturated heterocycles. The maximum Gasteiger partial charge on any atom is 0.308 e. The maximum absolute atomic E-state index is 11.0. The van der Waals surface area contributed by atoms with Crippen LogP contribution in [-0.2, 0) is 11.3 Å². The standard InChI is InChI=1S/C12H18N2O2S/c1-7-4-14(5-10(7)12(15)16)6-11-13-8(2)9(3)17-11/h7,10H,4-6H2,1-3H3,(H,15,16)/t7-,10-/m1/s1. The minimum atomic E-state index is -0.675. The predicted molar refractivity (Wildman–Crippen MR) is 67.2 cm³/mol. The number of hydrogen-bond donors (Lipinski definition) is 1. The first-order valence-electron chi connectivity index (χ1n) is 5.85. The summed E-state index contributed by atoms with van der Waals surface area (Å²) in [6.07, 6.45) is 0. The lowest BCUT2D eigenvalue weighted by molar-refractivity contribution is -0.142. The molecule has 17 heavy (non-hydrogen) atoms. The number of carboxylic acid groups (broad SMARTS) is 1. The van der Waals surface area contributed by atoms with Gasteiger partial charge in [0.25, 0.3) is 0 Å². The fourth-order valence-electron chi connectivity index (χ4n) is 2.32. The third-order valence-corrected chi connectivity index (χ3v) is 4.49. The molecule has 0 amide bonds. The van der Waals surface area contributed by atoms with Gasteiger partial charge in [0.1, 0.15) is 5.01 Å². The molecule has 94 valence electrons. The Hall–Kier alpha value is -0.940. The number of carbonyl (C=O) groups is 1. The number of carboxylic acids is 1. The summed E-state index contributed by atoms with van der Waals surface area (Å²) in [7, 11) is 0. The number of thiazole rings is 1. The lowest BCUT2D eigenvalue weighted by atomic mass is 9.99. The van der Waals surface area contributed by atoms with Crippen molar-refractivity contribution in [3.05, 3.63) is 15.6 Å². The minimum absolute atomic E-state index is 0.225. The highest BCUT2D eigenvalue weighted by atomic mass is 32.1. The van der Waals surface area contributed by atoms with E-state index in [0.29, 0.717) is 6.54 Å². The molecule has 0 aliphatic carbocycles. The molecule has 1 aliphatic heterocycles. The van der Waals surface area contributed by atoms with Gasteiger partial charge in [0.2, 0.25) is 0 Å². The van der Waals surface area contributed by atoms with Gasteiger partial charge in [-0.25, -0.2) is 4.98 Å². The molecular weight excluding hydrogens is 236 g/mol. The topological polar surface area (TPSA) is 53.4 Å². The Morgan fingerprint density at radius 1 is 1.53 bits per heavy atom. The van der Waals surface area contributed by atoms with Crippen molar-refractivity contribution in [3.8, 4) is 0 Å². The molecule has 1 aliphatic rings. The van der Waals surface area contributed by atoms with Gasteiger partial charge in [-0.05, 0) is 19.8 Å². The number of aryl methyl sites for hydroxylation is 2. The summed E-state index contributed by atoms with van der Waals surface area (Å²) in [6.45, 7) is 8.39. The van der Waals surface area contributed by atoms with Crippen molar-refractivity contribution >= 4 is 17.3 Å². The molecule has 2 atom stereocenters. The van der Waals surface area contributed by atoms with Gasteiger partial charge >= 0.3 is 5.97 Å². The zero-order valence-corrected chi connectivity index (χ0v) is 11.3. The van der Waals surface area contributed by atoms with Crippen LogP contribution in [0.5, 0.6) is 0 Å². The summed E-state index contributed by atoms with van der Waals surface area (Å²) in [5.74, 6) is -0.668. The molecule has 0 bridgehead atoms. The van der Waals surface area contributed by atoms with Gasteiger partial charge in [0, 0.05) is 18.0 Å². The van der Waals surface area contributed by atoms with Gasteiger partial charge in [-0.3, -0.25) is 9.69 Å². The predicted octanol–water partition coefficient (Wildman–Crippen LogP) is 1.91. The highest BCUT2D eigenvalue weighted by Crippen LogP contribution is 2.26. The first-order chi connectivity index (χ1) is 7.97. The van der Waals surface area contributed by atoms with Crippen LogP contribution in [0.3, 0.4) is 0 Å². The highest BCUT2D eigenvalue weighted by molar-refractivity contribution is 7.11. The second-order valence-corrected chi connectivity index (χ2v) is 6.15. The van der Waals surface area contributed by atoms with Gasteiger partial charge in [-0.1, -0.05) is 6.92 Å². The summed E-state index contributed by atoms with van der Waals surface area (Å²) in [5.41, 5.74) is 1.09. The summed E-state index contributed by atoms with van der Waals surface area (Å²) in [5, 5.41) is 10.2. The largest absolute Gasteiger partial charge is 0.481 e. The van der Waals surface area contributed by atoms with E-state index in [1.54, 1.807) is 11.3 Å². The van der Waals surface area contributed by atoms with Crippen molar-refractivity contribution in [2.24, 2.45) is 11.8 Å². The quantitative estimate of drug-likeness (QED) is 0.895. The smallest absolute Gasteiger partial charge is 0.308 e. The van der Waals surface area contributed by atoms with Gasteiger partial charge in [-0.2, -0.15) is 0 Å². The van der Waals surface area contributed by atoms with Crippen molar-refractivity contribution < 1.29 is 9.90 Å². The van der Waals surface area contributed by atoms with Crippen LogP contribution in [0.4, 0.5) is 0 Å². The Labute approximate surface area is 105 Å². The van der Waals surface area contributed by atoms with Crippen LogP contribution >= 0.6 is 11.3 Å². The number of likely N-dealkylation sites (tertiary alicyclic amines) is 1. The summed E-state index contributed by atoms with van der Waals surface area (Å²) >= 11 is 1.71. The number of nitrogens with zero attached hydrogens (tertiary/aromatic N) is 2. The molecule has 0 radical (unpaired) electrons. The Morgan fingerprint density at radius 2 is 2.24 bits per heavy atom. The molecule has 1 aromatic rings. The van der Waals surface area contributed by atoms with Crippen LogP contribution in [0.2, 0.25) is 0 Å². The first kappa shape index (κ1) is 12.5. The molecule has 4 nitrogen and oxygen atoms in total. The maximum atomic E-state index is 11.0. The number of aliphatic carboxylic acids is 1. The summed E-state index contributed by atoms with van der Waals surface area (Å²) in [4.78, 5) is 19.0. The Bertz CT molecular complexity index is 411. The van der Waals surface area contributed by atoms with E-state index in [-0.39, 0.29) is 11.8 Å². The fraction of sp³-hybridized carbons (Fsp3) is 0.667. The van der Waals surface area contributed by atoms with Crippen LogP contribution in [0.15, 0.2) is 0 Å². The second kappa shape index (κ2) is 4.74. The Morgan fingerprint density at radius 3 is 2.71 bits per heavy atom. The molecule has 1 fully saturated rings. The molecule has 2 heterocycles. The van der Waals surface area contributed by atoms with Crippen LogP contribution < -0.4 is 0 Å². The van der Waals surface area contributed by atoms with Crippen molar-refractivity contribution in [2.75, 3.05) is 13.1 Å². The van der Waals surface area contributed by atoms with E-state index in [1.165, 1.54) is 4.88 Å². The molecule has 5 heteroatoms. The van der Waals surface area contributed by atoms with Gasteiger partial charge in [0.05, 0.1) is 18.2 Å². The molecule has 0 aromatic carbocycles. The van der Waals surface area contributed by atoms with Gasteiger partial charge < -0.3 is 5.11 Å². The van der Waals surface area contributed by atoms with E-state index in [9.17, 15) is 4.79 Å². The first-order valence-corrected chi connectivity index (χ1v) is 6.67. The second-order valence-electron chi connectivity index (χ2n) is 4.87. The fourth-order valence-corrected chi connectivity index (χ4v) is 3.29. The SMILES string of the molecule is Cc1nc(CN2C[C@@H](C)[C@H](C(=O)O)C2)sc1C. The third-order valence-electron chi connectivity index (χ3n) is 3.44. The van der Waals surface area contributed by atoms with E-state index in [1.807, 2.05) is 13.8 Å². The monoisotopic (exact) mass is 254 g/mol. The van der Waals surface area contributed by atoms with Crippen LogP contribution in [0.25, 0.3) is 0 Å². The molecule has 2 rings (SSSR count). The zero-order chi connectivity index (χ0) is 12.6. The van der Waals surface area contributed by atoms with Crippen LogP contribution in [-0.4, -0.2) is 34.0 Å². The average molecular weight is 254 g/mol. The lowest BCUT2D eigenvalue weighted by Crippen LogP contribution is -2.23. The molecule has 1 N–H and O–H groups in total. The third kappa shape index (κ3) is 2.66. The zero-order valence-electron chi connectivity index (χ0n) is 10.4. The van der Waals surface area contributed by atoms with E-state index >= 15 is 0 Å². The normalized spacial score (nSPS) is 25.4. The van der Waals surface area contributed by atoms with E-state index in [2.05, 4.69) is 16.8 Å². The summed E-state index contributed by atoms with van der Waals surface area (Å²) < 4.78 is 0. The Kier molecular flexibility index (Phi) is 3.49. The van der Waals surface area contributed by atoms with Crippen molar-refractivity contribution in [2.45, 2.75) is 27.3 Å². The average Bonchev–Trinajstić information content (AvgIpc) is 2.72.